The van der Waals surface area contributed by atoms with Crippen molar-refractivity contribution in [2.24, 2.45) is 17.4 Å². The van der Waals surface area contributed by atoms with Crippen LogP contribution >= 0.6 is 0 Å². The van der Waals surface area contributed by atoms with Gasteiger partial charge in [0.05, 0.1) is 17.6 Å². The predicted octanol–water partition coefficient (Wildman–Crippen LogP) is 0.794. The smallest absolute Gasteiger partial charge is 0.333 e. The maximum Gasteiger partial charge on any atom is 0.333 e. The van der Waals surface area contributed by atoms with Gasteiger partial charge in [0.1, 0.15) is 11.9 Å². The average Bonchev–Trinajstić information content (AvgIpc) is 2.38. The molecule has 20 heavy (non-hydrogen) atoms. The number of ketones is 1. The van der Waals surface area contributed by atoms with E-state index in [-0.39, 0.29) is 29.6 Å². The van der Waals surface area contributed by atoms with E-state index in [1.165, 1.54) is 6.92 Å². The van der Waals surface area contributed by atoms with Crippen molar-refractivity contribution in [2.75, 3.05) is 0 Å². The van der Waals surface area contributed by atoms with Crippen LogP contribution in [0.5, 0.6) is 0 Å². The number of hydrogen-bond donors (Lipinski definition) is 3. The van der Waals surface area contributed by atoms with Gasteiger partial charge in [-0.05, 0) is 26.2 Å². The summed E-state index contributed by atoms with van der Waals surface area (Å²) in [5.74, 6) is -1.81. The molecule has 5 N–H and O–H groups in total. The van der Waals surface area contributed by atoms with E-state index >= 15 is 0 Å². The van der Waals surface area contributed by atoms with Crippen LogP contribution in [0.4, 0.5) is 0 Å². The van der Waals surface area contributed by atoms with Crippen molar-refractivity contribution in [3.8, 4) is 0 Å². The summed E-state index contributed by atoms with van der Waals surface area (Å²) in [5.41, 5.74) is 12.1. The monoisotopic (exact) mass is 284 g/mol. The highest BCUT2D eigenvalue weighted by molar-refractivity contribution is 5.89. The quantitative estimate of drug-likeness (QED) is 0.664. The number of nitrogens with two attached hydrogens (primary N) is 2. The van der Waals surface area contributed by atoms with Gasteiger partial charge in [-0.2, -0.15) is 0 Å². The van der Waals surface area contributed by atoms with E-state index in [1.807, 2.05) is 13.8 Å². The lowest BCUT2D eigenvalue weighted by Gasteiger charge is -2.37. The fourth-order valence-electron chi connectivity index (χ4n) is 2.64. The molecule has 1 aliphatic rings. The molecule has 0 radical (unpaired) electrons. The highest BCUT2D eigenvalue weighted by Crippen LogP contribution is 2.31. The Bertz CT molecular complexity index is 415. The fourth-order valence-corrected chi connectivity index (χ4v) is 2.64. The van der Waals surface area contributed by atoms with Crippen molar-refractivity contribution in [3.63, 3.8) is 0 Å². The first kappa shape index (κ1) is 16.7. The second-order valence-electron chi connectivity index (χ2n) is 5.24. The van der Waals surface area contributed by atoms with E-state index in [1.54, 1.807) is 0 Å². The lowest BCUT2D eigenvalue weighted by atomic mass is 9.79. The summed E-state index contributed by atoms with van der Waals surface area (Å²) in [6.45, 7) is 5.38. The minimum atomic E-state index is -1.10. The van der Waals surface area contributed by atoms with E-state index in [0.717, 1.165) is 12.8 Å². The van der Waals surface area contributed by atoms with Crippen molar-refractivity contribution < 1.29 is 19.4 Å². The van der Waals surface area contributed by atoms with E-state index in [2.05, 4.69) is 0 Å². The Labute approximate surface area is 119 Å². The van der Waals surface area contributed by atoms with Crippen LogP contribution in [0, 0.1) is 5.92 Å². The molecule has 0 aromatic heterocycles. The predicted molar refractivity (Wildman–Crippen MR) is 74.9 cm³/mol. The standard InChI is InChI=1S/C14H24N2O4/c1-4-8(5-2)20-13-11(7(3)17)10(15)6-9(12(13)16)14(18)19/h8,10-11,13H,4-6,15-16H2,1-3H3,(H,18,19)/t10-,11+,13+/m0/s1. The van der Waals surface area contributed by atoms with Crippen molar-refractivity contribution >= 4 is 11.8 Å². The molecule has 0 aliphatic heterocycles. The van der Waals surface area contributed by atoms with Gasteiger partial charge in [-0.25, -0.2) is 4.79 Å². The number of ether oxygens (including phenoxy) is 1. The van der Waals surface area contributed by atoms with Crippen molar-refractivity contribution in [2.45, 2.75) is 58.3 Å². The molecule has 0 unspecified atom stereocenters. The second-order valence-corrected chi connectivity index (χ2v) is 5.24. The summed E-state index contributed by atoms with van der Waals surface area (Å²) in [4.78, 5) is 23.0. The molecule has 0 saturated carbocycles. The molecular formula is C14H24N2O4. The summed E-state index contributed by atoms with van der Waals surface area (Å²) in [7, 11) is 0. The molecule has 0 saturated heterocycles. The van der Waals surface area contributed by atoms with Crippen molar-refractivity contribution in [1.29, 1.82) is 0 Å². The number of carbonyl (C=O) groups excluding carboxylic acids is 1. The van der Waals surface area contributed by atoms with Crippen LogP contribution in [0.2, 0.25) is 0 Å². The number of carboxylic acid groups (broad SMARTS) is 1. The van der Waals surface area contributed by atoms with Gasteiger partial charge < -0.3 is 21.3 Å². The zero-order chi connectivity index (χ0) is 15.4. The molecule has 0 fully saturated rings. The Morgan fingerprint density at radius 3 is 2.35 bits per heavy atom. The Kier molecular flexibility index (Phi) is 5.71. The molecule has 0 amide bonds. The van der Waals surface area contributed by atoms with Gasteiger partial charge in [0, 0.05) is 11.7 Å². The Morgan fingerprint density at radius 1 is 1.40 bits per heavy atom. The summed E-state index contributed by atoms with van der Waals surface area (Å²) >= 11 is 0. The van der Waals surface area contributed by atoms with Gasteiger partial charge in [-0.15, -0.1) is 0 Å². The van der Waals surface area contributed by atoms with E-state index in [4.69, 9.17) is 16.2 Å². The molecule has 0 bridgehead atoms. The highest BCUT2D eigenvalue weighted by atomic mass is 16.5. The van der Waals surface area contributed by atoms with Crippen LogP contribution in [0.1, 0.15) is 40.0 Å². The molecule has 114 valence electrons. The zero-order valence-corrected chi connectivity index (χ0v) is 12.3. The lowest BCUT2D eigenvalue weighted by molar-refractivity contribution is -0.135. The zero-order valence-electron chi connectivity index (χ0n) is 12.3. The SMILES string of the molecule is CCC(CC)O[C@H]1C(N)=C(C(=O)O)C[C@H](N)[C@H]1C(C)=O. The first-order valence-electron chi connectivity index (χ1n) is 6.96. The average molecular weight is 284 g/mol. The molecule has 0 heterocycles. The number of carboxylic acids is 1. The van der Waals surface area contributed by atoms with Crippen molar-refractivity contribution in [3.05, 3.63) is 11.3 Å². The largest absolute Gasteiger partial charge is 0.478 e. The van der Waals surface area contributed by atoms with Crippen LogP contribution < -0.4 is 11.5 Å². The van der Waals surface area contributed by atoms with E-state index < -0.39 is 24.0 Å². The van der Waals surface area contributed by atoms with Crippen LogP contribution in [0.25, 0.3) is 0 Å². The molecule has 6 nitrogen and oxygen atoms in total. The molecule has 0 aromatic carbocycles. The van der Waals surface area contributed by atoms with Crippen LogP contribution in [0.15, 0.2) is 11.3 Å². The second kappa shape index (κ2) is 6.85. The summed E-state index contributed by atoms with van der Waals surface area (Å²) in [5, 5.41) is 9.18. The van der Waals surface area contributed by atoms with Crippen LogP contribution in [0.3, 0.4) is 0 Å². The maximum absolute atomic E-state index is 11.8. The minimum Gasteiger partial charge on any atom is -0.478 e. The molecular weight excluding hydrogens is 260 g/mol. The van der Waals surface area contributed by atoms with Crippen LogP contribution in [-0.2, 0) is 14.3 Å². The number of rotatable bonds is 6. The first-order valence-corrected chi connectivity index (χ1v) is 6.96. The van der Waals surface area contributed by atoms with E-state index in [9.17, 15) is 14.7 Å². The van der Waals surface area contributed by atoms with Gasteiger partial charge in [0.2, 0.25) is 0 Å². The van der Waals surface area contributed by atoms with Gasteiger partial charge in [-0.3, -0.25) is 4.79 Å². The van der Waals surface area contributed by atoms with E-state index in [0.29, 0.717) is 0 Å². The summed E-state index contributed by atoms with van der Waals surface area (Å²) < 4.78 is 5.88. The third-order valence-corrected chi connectivity index (χ3v) is 3.86. The number of carbonyl (C=O) groups is 2. The lowest BCUT2D eigenvalue weighted by Crippen LogP contribution is -2.51. The molecule has 3 atom stereocenters. The normalized spacial score (nSPS) is 26.9. The van der Waals surface area contributed by atoms with Gasteiger partial charge >= 0.3 is 5.97 Å². The minimum absolute atomic E-state index is 0.0611. The molecule has 1 aliphatic carbocycles. The Balaban J connectivity index is 3.16. The third-order valence-electron chi connectivity index (χ3n) is 3.86. The third kappa shape index (κ3) is 3.37. The van der Waals surface area contributed by atoms with Gasteiger partial charge in [0.25, 0.3) is 0 Å². The topological polar surface area (TPSA) is 116 Å². The van der Waals surface area contributed by atoms with Gasteiger partial charge in [0.15, 0.2) is 0 Å². The highest BCUT2D eigenvalue weighted by Gasteiger charge is 2.41. The number of aliphatic carboxylic acids is 1. The fraction of sp³-hybridized carbons (Fsp3) is 0.714. The summed E-state index contributed by atoms with van der Waals surface area (Å²) in [6, 6.07) is -0.578. The van der Waals surface area contributed by atoms with Crippen molar-refractivity contribution in [1.82, 2.24) is 0 Å². The molecule has 1 rings (SSSR count). The number of Topliss-reactive ketones (excluding diaryl/α,β-unsaturated/α-hetero) is 1. The Morgan fingerprint density at radius 2 is 1.95 bits per heavy atom. The number of hydrogen-bond acceptors (Lipinski definition) is 5. The molecule has 0 aromatic rings. The maximum atomic E-state index is 11.8. The first-order chi connectivity index (χ1) is 9.33. The Hall–Kier alpha value is -1.40. The molecule has 6 heteroatoms. The molecule has 0 spiro atoms. The van der Waals surface area contributed by atoms with Crippen LogP contribution in [-0.4, -0.2) is 35.1 Å². The summed E-state index contributed by atoms with van der Waals surface area (Å²) in [6.07, 6.45) is 0.812. The van der Waals surface area contributed by atoms with Gasteiger partial charge in [-0.1, -0.05) is 13.8 Å².